The fourth-order valence-corrected chi connectivity index (χ4v) is 1.68. The fourth-order valence-electron chi connectivity index (χ4n) is 1.68. The molecule has 1 fully saturated rings. The van der Waals surface area contributed by atoms with E-state index in [0.29, 0.717) is 19.7 Å². The third-order valence-electron chi connectivity index (χ3n) is 2.62. The summed E-state index contributed by atoms with van der Waals surface area (Å²) < 4.78 is 10.3. The van der Waals surface area contributed by atoms with Gasteiger partial charge in [-0.25, -0.2) is 9.59 Å². The van der Waals surface area contributed by atoms with Gasteiger partial charge in [0, 0.05) is 13.1 Å². The molecule has 2 amide bonds. The molecule has 1 heterocycles. The number of carbonyl (C=O) groups is 2. The molecular weight excluding hydrogens is 240 g/mol. The number of nitrogens with zero attached hydrogens (tertiary/aromatic N) is 1. The van der Waals surface area contributed by atoms with Gasteiger partial charge in [-0.05, 0) is 13.8 Å². The number of ether oxygens (including phenoxy) is 2. The van der Waals surface area contributed by atoms with E-state index >= 15 is 0 Å². The molecule has 18 heavy (non-hydrogen) atoms. The van der Waals surface area contributed by atoms with Gasteiger partial charge in [0.2, 0.25) is 0 Å². The highest BCUT2D eigenvalue weighted by Gasteiger charge is 2.27. The topological polar surface area (TPSA) is 88.1 Å². The quantitative estimate of drug-likeness (QED) is 0.674. The highest BCUT2D eigenvalue weighted by atomic mass is 16.5. The van der Waals surface area contributed by atoms with Crippen LogP contribution in [0, 0.1) is 0 Å². The van der Waals surface area contributed by atoms with Crippen LogP contribution in [0.5, 0.6) is 0 Å². The Kier molecular flexibility index (Phi) is 5.87. The lowest BCUT2D eigenvalue weighted by Crippen LogP contribution is -2.54. The number of rotatable bonds is 5. The van der Waals surface area contributed by atoms with Gasteiger partial charge in [0.05, 0.1) is 25.4 Å². The average molecular weight is 260 g/mol. The van der Waals surface area contributed by atoms with Crippen molar-refractivity contribution in [3.05, 3.63) is 0 Å². The first-order valence-corrected chi connectivity index (χ1v) is 5.96. The van der Waals surface area contributed by atoms with Crippen molar-refractivity contribution in [2.24, 2.45) is 0 Å². The highest BCUT2D eigenvalue weighted by Crippen LogP contribution is 2.10. The highest BCUT2D eigenvalue weighted by molar-refractivity contribution is 5.74. The molecule has 1 aliphatic rings. The van der Waals surface area contributed by atoms with Gasteiger partial charge in [0.15, 0.2) is 0 Å². The zero-order valence-electron chi connectivity index (χ0n) is 10.7. The molecule has 0 bridgehead atoms. The van der Waals surface area contributed by atoms with Gasteiger partial charge in [-0.2, -0.15) is 0 Å². The molecule has 2 unspecified atom stereocenters. The molecule has 1 aliphatic heterocycles. The van der Waals surface area contributed by atoms with Crippen LogP contribution in [0.15, 0.2) is 0 Å². The molecule has 0 aromatic carbocycles. The lowest BCUT2D eigenvalue weighted by Gasteiger charge is -2.36. The normalized spacial score (nSPS) is 23.8. The Hall–Kier alpha value is -1.34. The summed E-state index contributed by atoms with van der Waals surface area (Å²) in [6.07, 6.45) is 0.0372. The Balaban J connectivity index is 2.21. The van der Waals surface area contributed by atoms with Gasteiger partial charge >= 0.3 is 12.0 Å². The minimum absolute atomic E-state index is 0.0372. The first-order valence-electron chi connectivity index (χ1n) is 5.96. The maximum absolute atomic E-state index is 11.8. The minimum Gasteiger partial charge on any atom is -0.480 e. The fraction of sp³-hybridized carbons (Fsp3) is 0.818. The van der Waals surface area contributed by atoms with Crippen LogP contribution in [0.4, 0.5) is 4.79 Å². The predicted octanol–water partition coefficient (Wildman–Crippen LogP) is -0.0936. The third kappa shape index (κ3) is 4.89. The van der Waals surface area contributed by atoms with Crippen LogP contribution in [-0.2, 0) is 14.3 Å². The third-order valence-corrected chi connectivity index (χ3v) is 2.62. The molecule has 0 spiro atoms. The predicted molar refractivity (Wildman–Crippen MR) is 63.4 cm³/mol. The summed E-state index contributed by atoms with van der Waals surface area (Å²) in [6, 6.07) is -0.127. The van der Waals surface area contributed by atoms with Crippen molar-refractivity contribution < 1.29 is 24.2 Å². The Morgan fingerprint density at radius 1 is 1.50 bits per heavy atom. The summed E-state index contributed by atoms with van der Waals surface area (Å²) in [7, 11) is 0. The zero-order valence-corrected chi connectivity index (χ0v) is 10.7. The number of morpholine rings is 1. The van der Waals surface area contributed by atoms with Gasteiger partial charge in [-0.1, -0.05) is 0 Å². The Bertz CT molecular complexity index is 297. The van der Waals surface area contributed by atoms with Crippen LogP contribution in [0.3, 0.4) is 0 Å². The molecule has 0 aromatic heterocycles. The van der Waals surface area contributed by atoms with Crippen molar-refractivity contribution in [2.75, 3.05) is 32.9 Å². The second-order valence-corrected chi connectivity index (χ2v) is 4.32. The molecule has 1 saturated heterocycles. The van der Waals surface area contributed by atoms with E-state index in [2.05, 4.69) is 5.32 Å². The van der Waals surface area contributed by atoms with Crippen LogP contribution in [-0.4, -0.2) is 67.1 Å². The summed E-state index contributed by atoms with van der Waals surface area (Å²) in [5.74, 6) is -1.02. The van der Waals surface area contributed by atoms with Crippen LogP contribution >= 0.6 is 0 Å². The van der Waals surface area contributed by atoms with Crippen molar-refractivity contribution in [2.45, 2.75) is 26.0 Å². The van der Waals surface area contributed by atoms with Gasteiger partial charge < -0.3 is 24.8 Å². The largest absolute Gasteiger partial charge is 0.480 e. The smallest absolute Gasteiger partial charge is 0.329 e. The van der Waals surface area contributed by atoms with E-state index in [9.17, 15) is 9.59 Å². The molecule has 1 rings (SSSR count). The van der Waals surface area contributed by atoms with Crippen molar-refractivity contribution in [1.29, 1.82) is 0 Å². The number of amides is 2. The molecule has 0 saturated carbocycles. The van der Waals surface area contributed by atoms with Crippen LogP contribution in [0.25, 0.3) is 0 Å². The number of hydrogen-bond donors (Lipinski definition) is 2. The molecule has 0 aromatic rings. The zero-order chi connectivity index (χ0) is 13.5. The molecule has 7 heteroatoms. The van der Waals surface area contributed by atoms with Gasteiger partial charge in [0.1, 0.15) is 6.61 Å². The monoisotopic (exact) mass is 260 g/mol. The first-order chi connectivity index (χ1) is 8.50. The molecule has 104 valence electrons. The Morgan fingerprint density at radius 2 is 2.22 bits per heavy atom. The summed E-state index contributed by atoms with van der Waals surface area (Å²) in [4.78, 5) is 23.7. The maximum Gasteiger partial charge on any atom is 0.329 e. The second-order valence-electron chi connectivity index (χ2n) is 4.32. The van der Waals surface area contributed by atoms with E-state index in [4.69, 9.17) is 14.6 Å². The summed E-state index contributed by atoms with van der Waals surface area (Å²) >= 11 is 0. The van der Waals surface area contributed by atoms with E-state index in [-0.39, 0.29) is 31.4 Å². The van der Waals surface area contributed by atoms with E-state index in [1.807, 2.05) is 13.8 Å². The maximum atomic E-state index is 11.8. The minimum atomic E-state index is -1.02. The van der Waals surface area contributed by atoms with Crippen LogP contribution in [0.1, 0.15) is 13.8 Å². The molecular formula is C11H20N2O5. The van der Waals surface area contributed by atoms with Crippen molar-refractivity contribution >= 4 is 12.0 Å². The SMILES string of the molecule is CC1CN(C(=O)NCCOCC(=O)O)C(C)CO1. The van der Waals surface area contributed by atoms with E-state index in [0.717, 1.165) is 0 Å². The van der Waals surface area contributed by atoms with Gasteiger partial charge in [0.25, 0.3) is 0 Å². The molecule has 0 radical (unpaired) electrons. The number of aliphatic carboxylic acids is 1. The lowest BCUT2D eigenvalue weighted by molar-refractivity contribution is -0.142. The van der Waals surface area contributed by atoms with Crippen LogP contribution < -0.4 is 5.32 Å². The number of carbonyl (C=O) groups excluding carboxylic acids is 1. The van der Waals surface area contributed by atoms with E-state index < -0.39 is 5.97 Å². The second kappa shape index (κ2) is 7.17. The van der Waals surface area contributed by atoms with Crippen molar-refractivity contribution in [1.82, 2.24) is 10.2 Å². The van der Waals surface area contributed by atoms with Crippen molar-refractivity contribution in [3.8, 4) is 0 Å². The standard InChI is InChI=1S/C11H20N2O5/c1-8-6-18-9(2)5-13(8)11(16)12-3-4-17-7-10(14)15/h8-9H,3-7H2,1-2H3,(H,12,16)(H,14,15). The average Bonchev–Trinajstić information content (AvgIpc) is 2.31. The van der Waals surface area contributed by atoms with Crippen LogP contribution in [0.2, 0.25) is 0 Å². The number of nitrogens with one attached hydrogen (secondary N) is 1. The molecule has 0 aliphatic carbocycles. The Morgan fingerprint density at radius 3 is 2.89 bits per heavy atom. The summed E-state index contributed by atoms with van der Waals surface area (Å²) in [5, 5.41) is 11.0. The van der Waals surface area contributed by atoms with Gasteiger partial charge in [-0.3, -0.25) is 0 Å². The molecule has 2 N–H and O–H groups in total. The number of carboxylic acid groups (broad SMARTS) is 1. The van der Waals surface area contributed by atoms with Crippen molar-refractivity contribution in [3.63, 3.8) is 0 Å². The Labute approximate surface area is 106 Å². The number of carboxylic acids is 1. The molecule has 7 nitrogen and oxygen atoms in total. The van der Waals surface area contributed by atoms with E-state index in [1.54, 1.807) is 4.90 Å². The van der Waals surface area contributed by atoms with E-state index in [1.165, 1.54) is 0 Å². The number of urea groups is 1. The summed E-state index contributed by atoms with van der Waals surface area (Å²) in [6.45, 7) is 5.07. The lowest BCUT2D eigenvalue weighted by atomic mass is 10.2. The van der Waals surface area contributed by atoms with Gasteiger partial charge in [-0.15, -0.1) is 0 Å². The number of hydrogen-bond acceptors (Lipinski definition) is 4. The molecule has 2 atom stereocenters. The summed E-state index contributed by atoms with van der Waals surface area (Å²) in [5.41, 5.74) is 0. The first kappa shape index (κ1) is 14.7.